The smallest absolute Gasteiger partial charge is 0.508 e. The molecule has 2 N–H and O–H groups in total. The first-order valence-corrected chi connectivity index (χ1v) is 16.4. The lowest BCUT2D eigenvalue weighted by atomic mass is 10.2. The fourth-order valence-electron chi connectivity index (χ4n) is 4.12. The van der Waals surface area contributed by atoms with Crippen molar-refractivity contribution in [1.82, 2.24) is 0 Å². The van der Waals surface area contributed by atoms with Crippen LogP contribution in [0.4, 0.5) is 0 Å². The summed E-state index contributed by atoms with van der Waals surface area (Å²) in [5.41, 5.74) is 2.60. The third-order valence-electron chi connectivity index (χ3n) is 6.32. The van der Waals surface area contributed by atoms with Crippen molar-refractivity contribution in [3.63, 3.8) is 0 Å². The highest BCUT2D eigenvalue weighted by Crippen LogP contribution is 2.33. The monoisotopic (exact) mass is 728 g/mol. The van der Waals surface area contributed by atoms with Gasteiger partial charge in [0.2, 0.25) is 11.6 Å². The van der Waals surface area contributed by atoms with Crippen molar-refractivity contribution in [1.29, 1.82) is 0 Å². The Bertz CT molecular complexity index is 1340. The Hall–Kier alpha value is -2.00. The predicted octanol–water partition coefficient (Wildman–Crippen LogP) is 6.16. The number of halogens is 2. The molecule has 0 unspecified atom stereocenters. The average Bonchev–Trinajstić information content (AvgIpc) is 2.96. The summed E-state index contributed by atoms with van der Waals surface area (Å²) in [6.07, 6.45) is 0. The van der Waals surface area contributed by atoms with E-state index >= 15 is 0 Å². The summed E-state index contributed by atoms with van der Waals surface area (Å²) in [6.45, 7) is 8.59. The summed E-state index contributed by atoms with van der Waals surface area (Å²) in [6, 6.07) is 16.7. The van der Waals surface area contributed by atoms with Gasteiger partial charge >= 0.3 is 8.80 Å². The van der Waals surface area contributed by atoms with Crippen LogP contribution in [0.2, 0.25) is 0 Å². The van der Waals surface area contributed by atoms with Crippen LogP contribution in [-0.2, 0) is 42.6 Å². The molecule has 2 heterocycles. The number of benzene rings is 3. The van der Waals surface area contributed by atoms with E-state index < -0.39 is 20.4 Å². The molecule has 0 saturated carbocycles. The molecule has 0 aliphatic carbocycles. The highest BCUT2D eigenvalue weighted by molar-refractivity contribution is 9.10. The zero-order valence-corrected chi connectivity index (χ0v) is 29.0. The number of aliphatic hydroxyl groups excluding tert-OH is 1. The lowest BCUT2D eigenvalue weighted by Crippen LogP contribution is -2.54. The Morgan fingerprint density at radius 2 is 1.21 bits per heavy atom. The van der Waals surface area contributed by atoms with Gasteiger partial charge in [-0.05, 0) is 48.5 Å². The molecular formula is C30H38Br2O9Si. The second-order valence-corrected chi connectivity index (χ2v) is 15.0. The summed E-state index contributed by atoms with van der Waals surface area (Å²) in [5, 5.41) is 18.6. The van der Waals surface area contributed by atoms with Crippen molar-refractivity contribution in [2.45, 2.75) is 59.1 Å². The molecule has 2 aliphatic heterocycles. The normalized spacial score (nSPS) is 16.2. The number of ether oxygens (including phenoxy) is 4. The van der Waals surface area contributed by atoms with Crippen LogP contribution in [0.25, 0.3) is 0 Å². The third kappa shape index (κ3) is 9.01. The average molecular weight is 731 g/mol. The van der Waals surface area contributed by atoms with E-state index in [9.17, 15) is 0 Å². The minimum atomic E-state index is -2.80. The lowest BCUT2D eigenvalue weighted by molar-refractivity contribution is -0.180. The van der Waals surface area contributed by atoms with Crippen molar-refractivity contribution in [3.05, 3.63) is 80.2 Å². The van der Waals surface area contributed by atoms with Gasteiger partial charge in [0, 0.05) is 79.8 Å². The summed E-state index contributed by atoms with van der Waals surface area (Å²) < 4.78 is 40.8. The van der Waals surface area contributed by atoms with Gasteiger partial charge in [0.1, 0.15) is 17.2 Å². The van der Waals surface area contributed by atoms with E-state index in [4.69, 9.17) is 42.4 Å². The molecule has 42 heavy (non-hydrogen) atoms. The zero-order valence-electron chi connectivity index (χ0n) is 24.8. The van der Waals surface area contributed by atoms with Crippen molar-refractivity contribution in [3.8, 4) is 17.2 Å². The van der Waals surface area contributed by atoms with Crippen LogP contribution in [0.1, 0.15) is 44.4 Å². The van der Waals surface area contributed by atoms with E-state index in [-0.39, 0.29) is 12.4 Å². The van der Waals surface area contributed by atoms with Gasteiger partial charge in [-0.1, -0.05) is 37.9 Å². The third-order valence-corrected chi connectivity index (χ3v) is 9.93. The fraction of sp³-hybridized carbons (Fsp3) is 0.400. The van der Waals surface area contributed by atoms with E-state index in [1.165, 1.54) is 6.07 Å². The highest BCUT2D eigenvalue weighted by atomic mass is 79.9. The minimum Gasteiger partial charge on any atom is -0.508 e. The largest absolute Gasteiger partial charge is 0.536 e. The van der Waals surface area contributed by atoms with E-state index in [2.05, 4.69) is 31.9 Å². The van der Waals surface area contributed by atoms with Gasteiger partial charge < -0.3 is 42.4 Å². The molecule has 9 nitrogen and oxygen atoms in total. The SMILES string of the molecule is CC1(C)OCc2cc(Br)ccc2O1.CO[Si](OC)(OC)c1ccc2c(c1)COC(C)(C)O2.OCc1cc(Br)ccc1O. The Kier molecular flexibility index (Phi) is 12.0. The first kappa shape index (κ1) is 34.5. The Balaban J connectivity index is 0.000000183. The fourth-order valence-corrected chi connectivity index (χ4v) is 6.78. The molecule has 0 spiro atoms. The molecule has 0 saturated heterocycles. The van der Waals surface area contributed by atoms with Gasteiger partial charge in [-0.15, -0.1) is 0 Å². The number of aromatic hydroxyl groups is 1. The van der Waals surface area contributed by atoms with Crippen LogP contribution < -0.4 is 14.7 Å². The molecule has 5 rings (SSSR count). The maximum Gasteiger partial charge on any atom is 0.536 e. The van der Waals surface area contributed by atoms with Gasteiger partial charge in [-0.3, -0.25) is 0 Å². The van der Waals surface area contributed by atoms with Crippen molar-refractivity contribution in [2.75, 3.05) is 21.3 Å². The van der Waals surface area contributed by atoms with Crippen LogP contribution in [0.5, 0.6) is 17.2 Å². The van der Waals surface area contributed by atoms with Crippen molar-refractivity contribution >= 4 is 45.9 Å². The van der Waals surface area contributed by atoms with Crippen LogP contribution in [-0.4, -0.2) is 51.9 Å². The molecule has 0 fully saturated rings. The number of hydrogen-bond acceptors (Lipinski definition) is 9. The molecule has 230 valence electrons. The first-order valence-electron chi connectivity index (χ1n) is 13.1. The topological polar surface area (TPSA) is 105 Å². The summed E-state index contributed by atoms with van der Waals surface area (Å²) in [5.74, 6) is 0.782. The van der Waals surface area contributed by atoms with E-state index in [0.29, 0.717) is 18.8 Å². The Morgan fingerprint density at radius 3 is 1.71 bits per heavy atom. The van der Waals surface area contributed by atoms with E-state index in [0.717, 1.165) is 36.8 Å². The molecule has 12 heteroatoms. The number of aliphatic hydroxyl groups is 1. The van der Waals surface area contributed by atoms with Gasteiger partial charge in [0.05, 0.1) is 19.8 Å². The zero-order chi connectivity index (χ0) is 31.1. The molecule has 3 aromatic carbocycles. The van der Waals surface area contributed by atoms with E-state index in [1.807, 2.05) is 64.1 Å². The van der Waals surface area contributed by atoms with Crippen LogP contribution in [0.3, 0.4) is 0 Å². The molecule has 0 aromatic heterocycles. The second kappa shape index (κ2) is 14.6. The summed E-state index contributed by atoms with van der Waals surface area (Å²) >= 11 is 6.62. The van der Waals surface area contributed by atoms with Crippen LogP contribution in [0, 0.1) is 0 Å². The number of rotatable bonds is 5. The first-order chi connectivity index (χ1) is 19.8. The molecule has 0 atom stereocenters. The standard InChI is InChI=1S/C13H20O5Si.C10H11BrO2.C7H7BrO2/c1-13(2)17-9-10-8-11(6-7-12(10)18-13)19(14-3,15-4)16-5;1-10(2)12-6-7-5-8(11)3-4-9(7)13-10;8-6-1-2-7(10)5(3-6)4-9/h6-8H,9H2,1-5H3;3-5H,6H2,1-2H3;1-3,9-10H,4H2. The van der Waals surface area contributed by atoms with Gasteiger partial charge in [0.15, 0.2) is 0 Å². The molecule has 2 aliphatic rings. The maximum atomic E-state index is 9.05. The van der Waals surface area contributed by atoms with Crippen molar-refractivity contribution in [2.24, 2.45) is 0 Å². The number of hydrogen-bond donors (Lipinski definition) is 2. The molecule has 3 aromatic rings. The molecular weight excluding hydrogens is 692 g/mol. The van der Waals surface area contributed by atoms with Gasteiger partial charge in [0.25, 0.3) is 0 Å². The van der Waals surface area contributed by atoms with Gasteiger partial charge in [-0.25, -0.2) is 0 Å². The highest BCUT2D eigenvalue weighted by Gasteiger charge is 2.42. The molecule has 0 amide bonds. The molecule has 0 bridgehead atoms. The maximum absolute atomic E-state index is 9.05. The van der Waals surface area contributed by atoms with Crippen LogP contribution in [0.15, 0.2) is 63.5 Å². The van der Waals surface area contributed by atoms with Gasteiger partial charge in [-0.2, -0.15) is 0 Å². The minimum absolute atomic E-state index is 0.130. The van der Waals surface area contributed by atoms with Crippen molar-refractivity contribution < 1.29 is 42.4 Å². The summed E-state index contributed by atoms with van der Waals surface area (Å²) in [7, 11) is 1.98. The lowest BCUT2D eigenvalue weighted by Gasteiger charge is -2.33. The predicted molar refractivity (Wildman–Crippen MR) is 168 cm³/mol. The summed E-state index contributed by atoms with van der Waals surface area (Å²) in [4.78, 5) is 0. The van der Waals surface area contributed by atoms with E-state index in [1.54, 1.807) is 33.5 Å². The Morgan fingerprint density at radius 1 is 0.738 bits per heavy atom. The quantitative estimate of drug-likeness (QED) is 0.299. The number of phenols is 1. The second-order valence-electron chi connectivity index (χ2n) is 10.3. The number of fused-ring (bicyclic) bond motifs is 2. The Labute approximate surface area is 265 Å². The molecule has 0 radical (unpaired) electrons. The van der Waals surface area contributed by atoms with Crippen LogP contribution >= 0.6 is 31.9 Å².